The first-order chi connectivity index (χ1) is 27.7. The molecule has 0 aliphatic carbocycles. The molecular formula is C52H32N2S2. The summed E-state index contributed by atoms with van der Waals surface area (Å²) in [6, 6.07) is 69.7. The smallest absolute Gasteiger partial charge is 0.160 e. The minimum atomic E-state index is 0.710. The summed E-state index contributed by atoms with van der Waals surface area (Å²) < 4.78 is 5.10. The molecule has 0 atom stereocenters. The van der Waals surface area contributed by atoms with Crippen LogP contribution in [-0.2, 0) is 0 Å². The Morgan fingerprint density at radius 3 is 1.41 bits per heavy atom. The summed E-state index contributed by atoms with van der Waals surface area (Å²) in [7, 11) is 0. The van der Waals surface area contributed by atoms with Crippen molar-refractivity contribution >= 4 is 63.0 Å². The average molecular weight is 749 g/mol. The maximum atomic E-state index is 5.34. The molecule has 0 saturated carbocycles. The van der Waals surface area contributed by atoms with Gasteiger partial charge in [0.15, 0.2) is 5.82 Å². The molecule has 56 heavy (non-hydrogen) atoms. The van der Waals surface area contributed by atoms with Gasteiger partial charge in [0.2, 0.25) is 0 Å². The van der Waals surface area contributed by atoms with Crippen molar-refractivity contribution in [3.8, 4) is 67.3 Å². The standard InChI is InChI=1S/C52H32N2S2/c1-3-13-33(14-4-1)34-25-27-35(28-26-34)37-29-38(40-19-11-20-43-41-17-7-9-23-48(41)55-50(40)43)31-39(30-37)46-32-47(54-52(53-46)36-15-5-2-6-16-36)45-22-12-21-44-42-18-8-10-24-49(42)56-51(44)45/h1-32H. The molecule has 3 heterocycles. The molecule has 8 aromatic carbocycles. The van der Waals surface area contributed by atoms with Gasteiger partial charge >= 0.3 is 0 Å². The lowest BCUT2D eigenvalue weighted by atomic mass is 9.93. The lowest BCUT2D eigenvalue weighted by Crippen LogP contribution is -1.96. The summed E-state index contributed by atoms with van der Waals surface area (Å²) in [4.78, 5) is 10.6. The van der Waals surface area contributed by atoms with Crippen LogP contribution in [-0.4, -0.2) is 9.97 Å². The van der Waals surface area contributed by atoms with Crippen LogP contribution in [0.4, 0.5) is 0 Å². The van der Waals surface area contributed by atoms with Crippen LogP contribution >= 0.6 is 22.7 Å². The van der Waals surface area contributed by atoms with Gasteiger partial charge < -0.3 is 0 Å². The summed E-state index contributed by atoms with van der Waals surface area (Å²) in [5.41, 5.74) is 12.0. The highest BCUT2D eigenvalue weighted by Gasteiger charge is 2.18. The molecule has 0 radical (unpaired) electrons. The van der Waals surface area contributed by atoms with Gasteiger partial charge in [-0.1, -0.05) is 158 Å². The molecule has 262 valence electrons. The van der Waals surface area contributed by atoms with E-state index in [1.165, 1.54) is 57.0 Å². The van der Waals surface area contributed by atoms with Crippen molar-refractivity contribution in [1.82, 2.24) is 9.97 Å². The fourth-order valence-corrected chi connectivity index (χ4v) is 10.4. The fourth-order valence-electron chi connectivity index (χ4n) is 7.96. The molecule has 4 heteroatoms. The second-order valence-electron chi connectivity index (χ2n) is 14.1. The minimum Gasteiger partial charge on any atom is -0.228 e. The Balaban J connectivity index is 1.15. The van der Waals surface area contributed by atoms with Crippen molar-refractivity contribution in [2.45, 2.75) is 0 Å². The molecule has 0 N–H and O–H groups in total. The van der Waals surface area contributed by atoms with E-state index in [4.69, 9.17) is 9.97 Å². The Morgan fingerprint density at radius 2 is 0.750 bits per heavy atom. The van der Waals surface area contributed by atoms with Crippen LogP contribution in [0.25, 0.3) is 108 Å². The van der Waals surface area contributed by atoms with E-state index in [0.29, 0.717) is 5.82 Å². The first-order valence-electron chi connectivity index (χ1n) is 18.8. The van der Waals surface area contributed by atoms with Gasteiger partial charge in [-0.3, -0.25) is 0 Å². The van der Waals surface area contributed by atoms with Gasteiger partial charge in [0, 0.05) is 57.0 Å². The average Bonchev–Trinajstić information content (AvgIpc) is 3.86. The van der Waals surface area contributed by atoms with Crippen molar-refractivity contribution in [3.63, 3.8) is 0 Å². The van der Waals surface area contributed by atoms with Crippen molar-refractivity contribution in [3.05, 3.63) is 194 Å². The highest BCUT2D eigenvalue weighted by molar-refractivity contribution is 7.26. The third kappa shape index (κ3) is 5.70. The molecule has 0 fully saturated rings. The van der Waals surface area contributed by atoms with Crippen LogP contribution in [0.2, 0.25) is 0 Å². The Labute approximate surface area is 332 Å². The highest BCUT2D eigenvalue weighted by atomic mass is 32.1. The van der Waals surface area contributed by atoms with E-state index in [-0.39, 0.29) is 0 Å². The summed E-state index contributed by atoms with van der Waals surface area (Å²) in [6.45, 7) is 0. The van der Waals surface area contributed by atoms with Crippen molar-refractivity contribution in [1.29, 1.82) is 0 Å². The Bertz CT molecular complexity index is 3230. The number of hydrogen-bond acceptors (Lipinski definition) is 4. The third-order valence-electron chi connectivity index (χ3n) is 10.7. The van der Waals surface area contributed by atoms with Gasteiger partial charge in [0.05, 0.1) is 11.4 Å². The molecule has 3 aromatic heterocycles. The van der Waals surface area contributed by atoms with Gasteiger partial charge in [0.25, 0.3) is 0 Å². The largest absolute Gasteiger partial charge is 0.228 e. The maximum absolute atomic E-state index is 5.34. The zero-order chi connectivity index (χ0) is 37.0. The first-order valence-corrected chi connectivity index (χ1v) is 20.4. The molecular weight excluding hydrogens is 717 g/mol. The number of aromatic nitrogens is 2. The van der Waals surface area contributed by atoms with E-state index in [0.717, 1.165) is 44.8 Å². The van der Waals surface area contributed by atoms with Crippen LogP contribution in [0.1, 0.15) is 0 Å². The predicted molar refractivity (Wildman–Crippen MR) is 240 cm³/mol. The Kier molecular flexibility index (Phi) is 7.90. The summed E-state index contributed by atoms with van der Waals surface area (Å²) in [5.74, 6) is 0.710. The molecule has 0 aliphatic heterocycles. The topological polar surface area (TPSA) is 25.8 Å². The van der Waals surface area contributed by atoms with Crippen molar-refractivity contribution in [2.75, 3.05) is 0 Å². The lowest BCUT2D eigenvalue weighted by molar-refractivity contribution is 1.19. The van der Waals surface area contributed by atoms with E-state index >= 15 is 0 Å². The molecule has 0 unspecified atom stereocenters. The van der Waals surface area contributed by atoms with E-state index in [1.807, 2.05) is 28.7 Å². The number of rotatable bonds is 6. The number of thiophene rings is 2. The van der Waals surface area contributed by atoms with Crippen LogP contribution in [0.5, 0.6) is 0 Å². The second-order valence-corrected chi connectivity index (χ2v) is 16.2. The van der Waals surface area contributed by atoms with Gasteiger partial charge in [-0.05, 0) is 69.8 Å². The van der Waals surface area contributed by atoms with Crippen LogP contribution in [0, 0.1) is 0 Å². The van der Waals surface area contributed by atoms with E-state index < -0.39 is 0 Å². The molecule has 11 rings (SSSR count). The van der Waals surface area contributed by atoms with Gasteiger partial charge in [0.1, 0.15) is 0 Å². The van der Waals surface area contributed by atoms with Crippen molar-refractivity contribution in [2.24, 2.45) is 0 Å². The molecule has 0 saturated heterocycles. The first kappa shape index (κ1) is 32.7. The monoisotopic (exact) mass is 748 g/mol. The fraction of sp³-hybridized carbons (Fsp3) is 0. The minimum absolute atomic E-state index is 0.710. The summed E-state index contributed by atoms with van der Waals surface area (Å²) in [6.07, 6.45) is 0. The van der Waals surface area contributed by atoms with Crippen LogP contribution in [0.3, 0.4) is 0 Å². The third-order valence-corrected chi connectivity index (χ3v) is 13.1. The lowest BCUT2D eigenvalue weighted by Gasteiger charge is -2.14. The van der Waals surface area contributed by atoms with E-state index in [1.54, 1.807) is 0 Å². The summed E-state index contributed by atoms with van der Waals surface area (Å²) in [5, 5.41) is 5.11. The van der Waals surface area contributed by atoms with Crippen molar-refractivity contribution < 1.29 is 0 Å². The predicted octanol–water partition coefficient (Wildman–Crippen LogP) is 15.2. The molecule has 0 aliphatic rings. The quantitative estimate of drug-likeness (QED) is 0.169. The van der Waals surface area contributed by atoms with Crippen LogP contribution in [0.15, 0.2) is 194 Å². The SMILES string of the molecule is c1ccc(-c2ccc(-c3cc(-c4cc(-c5cccc6c5sc5ccccc56)nc(-c5ccccc5)n4)cc(-c4cccc5c4sc4ccccc45)c3)cc2)cc1. The molecule has 2 nitrogen and oxygen atoms in total. The second kappa shape index (κ2) is 13.5. The van der Waals surface area contributed by atoms with E-state index in [9.17, 15) is 0 Å². The number of benzene rings is 8. The summed E-state index contributed by atoms with van der Waals surface area (Å²) >= 11 is 3.69. The Morgan fingerprint density at radius 1 is 0.286 bits per heavy atom. The number of nitrogens with zero attached hydrogens (tertiary/aromatic N) is 2. The molecule has 0 amide bonds. The molecule has 0 spiro atoms. The normalized spacial score (nSPS) is 11.6. The molecule has 11 aromatic rings. The highest BCUT2D eigenvalue weighted by Crippen LogP contribution is 2.44. The molecule has 0 bridgehead atoms. The zero-order valence-corrected chi connectivity index (χ0v) is 31.8. The van der Waals surface area contributed by atoms with Gasteiger partial charge in [-0.2, -0.15) is 0 Å². The number of hydrogen-bond donors (Lipinski definition) is 0. The number of fused-ring (bicyclic) bond motifs is 6. The van der Waals surface area contributed by atoms with Gasteiger partial charge in [-0.15, -0.1) is 22.7 Å². The van der Waals surface area contributed by atoms with Crippen LogP contribution < -0.4 is 0 Å². The van der Waals surface area contributed by atoms with E-state index in [2.05, 4.69) is 188 Å². The maximum Gasteiger partial charge on any atom is 0.160 e. The van der Waals surface area contributed by atoms with Gasteiger partial charge in [-0.25, -0.2) is 9.97 Å². The zero-order valence-electron chi connectivity index (χ0n) is 30.2. The Hall–Kier alpha value is -6.72.